The third-order valence-electron chi connectivity index (χ3n) is 2.44. The Labute approximate surface area is 112 Å². The van der Waals surface area contributed by atoms with Gasteiger partial charge < -0.3 is 10.4 Å². The second-order valence-electron chi connectivity index (χ2n) is 4.50. The van der Waals surface area contributed by atoms with Crippen molar-refractivity contribution < 1.29 is 19.1 Å². The number of carboxylic acid groups (broad SMARTS) is 1. The zero-order chi connectivity index (χ0) is 13.9. The van der Waals surface area contributed by atoms with Gasteiger partial charge in [-0.25, -0.2) is 4.39 Å². The number of carbonyl (C=O) groups is 2. The maximum atomic E-state index is 13.0. The number of rotatable bonds is 4. The minimum Gasteiger partial charge on any atom is -0.481 e. The van der Waals surface area contributed by atoms with Gasteiger partial charge in [-0.1, -0.05) is 0 Å². The summed E-state index contributed by atoms with van der Waals surface area (Å²) >= 11 is 3.14. The second kappa shape index (κ2) is 5.48. The molecule has 0 saturated heterocycles. The summed E-state index contributed by atoms with van der Waals surface area (Å²) in [5.41, 5.74) is -0.939. The molecule has 6 heteroatoms. The van der Waals surface area contributed by atoms with Gasteiger partial charge in [-0.05, 0) is 48.0 Å². The number of hydrogen-bond donors (Lipinski definition) is 2. The van der Waals surface area contributed by atoms with Gasteiger partial charge in [-0.3, -0.25) is 9.59 Å². The average Bonchev–Trinajstić information content (AvgIpc) is 2.29. The molecule has 0 spiro atoms. The molecule has 2 N–H and O–H groups in total. The first-order chi connectivity index (χ1) is 8.24. The third kappa shape index (κ3) is 3.53. The molecule has 18 heavy (non-hydrogen) atoms. The van der Waals surface area contributed by atoms with Crippen LogP contribution in [0, 0.1) is 11.2 Å². The maximum Gasteiger partial charge on any atom is 0.310 e. The zero-order valence-electron chi connectivity index (χ0n) is 9.96. The van der Waals surface area contributed by atoms with Crippen molar-refractivity contribution in [3.8, 4) is 0 Å². The quantitative estimate of drug-likeness (QED) is 0.896. The van der Waals surface area contributed by atoms with E-state index in [0.717, 1.165) is 6.07 Å². The summed E-state index contributed by atoms with van der Waals surface area (Å²) in [6, 6.07) is 3.74. The number of carboxylic acids is 1. The van der Waals surface area contributed by atoms with E-state index in [4.69, 9.17) is 5.11 Å². The van der Waals surface area contributed by atoms with Gasteiger partial charge in [0.05, 0.1) is 11.0 Å². The molecule has 0 unspecified atom stereocenters. The number of nitrogens with one attached hydrogen (secondary N) is 1. The average molecular weight is 318 g/mol. The van der Waals surface area contributed by atoms with Crippen molar-refractivity contribution in [3.05, 3.63) is 34.1 Å². The van der Waals surface area contributed by atoms with Gasteiger partial charge in [-0.15, -0.1) is 0 Å². The summed E-state index contributed by atoms with van der Waals surface area (Å²) < 4.78 is 13.5. The fraction of sp³-hybridized carbons (Fsp3) is 0.333. The molecule has 0 aromatic heterocycles. The molecule has 98 valence electrons. The first-order valence-electron chi connectivity index (χ1n) is 5.20. The van der Waals surface area contributed by atoms with Gasteiger partial charge in [-0.2, -0.15) is 0 Å². The number of carbonyl (C=O) groups excluding carboxylic acids is 1. The zero-order valence-corrected chi connectivity index (χ0v) is 11.5. The van der Waals surface area contributed by atoms with Crippen LogP contribution in [-0.4, -0.2) is 23.5 Å². The smallest absolute Gasteiger partial charge is 0.310 e. The van der Waals surface area contributed by atoms with E-state index in [1.807, 2.05) is 0 Å². The van der Waals surface area contributed by atoms with Crippen LogP contribution >= 0.6 is 15.9 Å². The van der Waals surface area contributed by atoms with E-state index in [9.17, 15) is 14.0 Å². The Bertz CT molecular complexity index is 488. The van der Waals surface area contributed by atoms with E-state index in [-0.39, 0.29) is 12.1 Å². The van der Waals surface area contributed by atoms with Crippen LogP contribution in [0.4, 0.5) is 4.39 Å². The van der Waals surface area contributed by atoms with Crippen LogP contribution < -0.4 is 5.32 Å². The Morgan fingerprint density at radius 1 is 1.44 bits per heavy atom. The summed E-state index contributed by atoms with van der Waals surface area (Å²) in [5, 5.41) is 11.4. The van der Waals surface area contributed by atoms with Gasteiger partial charge >= 0.3 is 5.97 Å². The molecule has 0 aliphatic rings. The van der Waals surface area contributed by atoms with Gasteiger partial charge in [0.15, 0.2) is 0 Å². The Morgan fingerprint density at radius 3 is 2.61 bits per heavy atom. The Kier molecular flexibility index (Phi) is 4.45. The summed E-state index contributed by atoms with van der Waals surface area (Å²) in [6.07, 6.45) is 0. The lowest BCUT2D eigenvalue weighted by molar-refractivity contribution is -0.146. The highest BCUT2D eigenvalue weighted by molar-refractivity contribution is 9.10. The van der Waals surface area contributed by atoms with E-state index < -0.39 is 23.1 Å². The normalized spacial score (nSPS) is 11.1. The lowest BCUT2D eigenvalue weighted by Crippen LogP contribution is -2.39. The molecule has 0 aliphatic heterocycles. The number of aliphatic carboxylic acids is 1. The largest absolute Gasteiger partial charge is 0.481 e. The minimum atomic E-state index is -1.07. The lowest BCUT2D eigenvalue weighted by Gasteiger charge is -2.19. The van der Waals surface area contributed by atoms with Crippen molar-refractivity contribution in [1.82, 2.24) is 5.32 Å². The minimum absolute atomic E-state index is 0.0376. The number of halogens is 2. The third-order valence-corrected chi connectivity index (χ3v) is 3.13. The first kappa shape index (κ1) is 14.6. The predicted octanol–water partition coefficient (Wildman–Crippen LogP) is 2.43. The molecule has 0 atom stereocenters. The summed E-state index contributed by atoms with van der Waals surface area (Å²) in [4.78, 5) is 22.7. The Hall–Kier alpha value is -1.43. The molecule has 1 aromatic rings. The van der Waals surface area contributed by atoms with Crippen LogP contribution in [0.25, 0.3) is 0 Å². The van der Waals surface area contributed by atoms with Crippen LogP contribution in [0.3, 0.4) is 0 Å². The van der Waals surface area contributed by atoms with Crippen molar-refractivity contribution in [1.29, 1.82) is 0 Å². The first-order valence-corrected chi connectivity index (χ1v) is 6.00. The SMILES string of the molecule is CC(C)(CNC(=O)c1cc(F)ccc1Br)C(=O)O. The van der Waals surface area contributed by atoms with E-state index in [1.54, 1.807) is 0 Å². The van der Waals surface area contributed by atoms with Crippen LogP contribution in [0.2, 0.25) is 0 Å². The van der Waals surface area contributed by atoms with Crippen molar-refractivity contribution in [2.75, 3.05) is 6.54 Å². The molecule has 0 saturated carbocycles. The highest BCUT2D eigenvalue weighted by atomic mass is 79.9. The summed E-state index contributed by atoms with van der Waals surface area (Å²) in [6.45, 7) is 2.95. The van der Waals surface area contributed by atoms with E-state index in [2.05, 4.69) is 21.2 Å². The number of hydrogen-bond acceptors (Lipinski definition) is 2. The van der Waals surface area contributed by atoms with Crippen LogP contribution in [0.15, 0.2) is 22.7 Å². The molecule has 0 heterocycles. The highest BCUT2D eigenvalue weighted by Crippen LogP contribution is 2.19. The van der Waals surface area contributed by atoms with Gasteiger partial charge in [0.25, 0.3) is 5.91 Å². The molecule has 4 nitrogen and oxygen atoms in total. The molecule has 0 aliphatic carbocycles. The van der Waals surface area contributed by atoms with Crippen molar-refractivity contribution in [3.63, 3.8) is 0 Å². The predicted molar refractivity (Wildman–Crippen MR) is 67.9 cm³/mol. The van der Waals surface area contributed by atoms with Crippen LogP contribution in [-0.2, 0) is 4.79 Å². The molecular weight excluding hydrogens is 305 g/mol. The fourth-order valence-corrected chi connectivity index (χ4v) is 1.57. The topological polar surface area (TPSA) is 66.4 Å². The van der Waals surface area contributed by atoms with Crippen molar-refractivity contribution in [2.24, 2.45) is 5.41 Å². The van der Waals surface area contributed by atoms with E-state index in [1.165, 1.54) is 26.0 Å². The van der Waals surface area contributed by atoms with Crippen LogP contribution in [0.1, 0.15) is 24.2 Å². The lowest BCUT2D eigenvalue weighted by atomic mass is 9.94. The Morgan fingerprint density at radius 2 is 2.06 bits per heavy atom. The van der Waals surface area contributed by atoms with Gasteiger partial charge in [0.2, 0.25) is 0 Å². The van der Waals surface area contributed by atoms with Crippen molar-refractivity contribution in [2.45, 2.75) is 13.8 Å². The monoisotopic (exact) mass is 317 g/mol. The molecule has 1 amide bonds. The molecule has 0 bridgehead atoms. The Balaban J connectivity index is 2.78. The van der Waals surface area contributed by atoms with Crippen molar-refractivity contribution >= 4 is 27.8 Å². The highest BCUT2D eigenvalue weighted by Gasteiger charge is 2.28. The standard InChI is InChI=1S/C12H13BrFNO3/c1-12(2,11(17)18)6-15-10(16)8-5-7(14)3-4-9(8)13/h3-5H,6H2,1-2H3,(H,15,16)(H,17,18). The van der Waals surface area contributed by atoms with Crippen LogP contribution in [0.5, 0.6) is 0 Å². The molecule has 1 rings (SSSR count). The molecule has 0 radical (unpaired) electrons. The second-order valence-corrected chi connectivity index (χ2v) is 5.35. The number of benzene rings is 1. The molecule has 0 fully saturated rings. The van der Waals surface area contributed by atoms with E-state index in [0.29, 0.717) is 4.47 Å². The maximum absolute atomic E-state index is 13.0. The molecular formula is C12H13BrFNO3. The van der Waals surface area contributed by atoms with Gasteiger partial charge in [0, 0.05) is 11.0 Å². The van der Waals surface area contributed by atoms with Gasteiger partial charge in [0.1, 0.15) is 5.82 Å². The molecule has 1 aromatic carbocycles. The summed E-state index contributed by atoms with van der Waals surface area (Å²) in [7, 11) is 0. The fourth-order valence-electron chi connectivity index (χ4n) is 1.14. The van der Waals surface area contributed by atoms with E-state index >= 15 is 0 Å². The summed E-state index contributed by atoms with van der Waals surface area (Å²) in [5.74, 6) is -2.06. The number of amides is 1.